The highest BCUT2D eigenvalue weighted by Crippen LogP contribution is 2.19. The van der Waals surface area contributed by atoms with Crippen molar-refractivity contribution in [2.75, 3.05) is 13.7 Å². The van der Waals surface area contributed by atoms with E-state index in [9.17, 15) is 4.79 Å². The number of ether oxygens (including phenoxy) is 2. The highest BCUT2D eigenvalue weighted by molar-refractivity contribution is 5.81. The van der Waals surface area contributed by atoms with Crippen LogP contribution in [0.1, 0.15) is 31.7 Å². The summed E-state index contributed by atoms with van der Waals surface area (Å²) in [6, 6.07) is 8.14. The molecular weight excluding hydrogens is 280 g/mol. The largest absolute Gasteiger partial charge is 0.497 e. The zero-order chi connectivity index (χ0) is 15.9. The lowest BCUT2D eigenvalue weighted by molar-refractivity contribution is -0.132. The summed E-state index contributed by atoms with van der Waals surface area (Å²) in [6.45, 7) is 2.51. The predicted octanol–water partition coefficient (Wildman–Crippen LogP) is 1.64. The van der Waals surface area contributed by atoms with E-state index in [0.717, 1.165) is 31.4 Å². The molecule has 1 aliphatic heterocycles. The standard InChI is InChI=1S/C17H26N2O3/c1-12(3-4-13-5-7-14(21-2)8-6-13)19-17(20)16-10-9-15(11-18)22-16/h5-8,12,15-16H,3-4,9-11,18H2,1-2H3,(H,19,20)/t12?,15-,16+/m1/s1. The van der Waals surface area contributed by atoms with Crippen molar-refractivity contribution in [1.82, 2.24) is 5.32 Å². The first-order valence-corrected chi connectivity index (χ1v) is 7.91. The van der Waals surface area contributed by atoms with Gasteiger partial charge in [0.15, 0.2) is 0 Å². The van der Waals surface area contributed by atoms with E-state index in [-0.39, 0.29) is 24.2 Å². The summed E-state index contributed by atoms with van der Waals surface area (Å²) in [7, 11) is 1.66. The summed E-state index contributed by atoms with van der Waals surface area (Å²) in [4.78, 5) is 12.1. The van der Waals surface area contributed by atoms with Crippen LogP contribution in [0.25, 0.3) is 0 Å². The van der Waals surface area contributed by atoms with Crippen LogP contribution in [-0.2, 0) is 16.0 Å². The normalized spacial score (nSPS) is 22.3. The molecule has 22 heavy (non-hydrogen) atoms. The van der Waals surface area contributed by atoms with Crippen LogP contribution in [-0.4, -0.2) is 37.8 Å². The zero-order valence-corrected chi connectivity index (χ0v) is 13.4. The Kier molecular flexibility index (Phi) is 6.21. The average molecular weight is 306 g/mol. The van der Waals surface area contributed by atoms with Gasteiger partial charge < -0.3 is 20.5 Å². The van der Waals surface area contributed by atoms with Crippen molar-refractivity contribution in [2.45, 2.75) is 50.9 Å². The number of methoxy groups -OCH3 is 1. The smallest absolute Gasteiger partial charge is 0.249 e. The van der Waals surface area contributed by atoms with E-state index < -0.39 is 0 Å². The fraction of sp³-hybridized carbons (Fsp3) is 0.588. The van der Waals surface area contributed by atoms with Gasteiger partial charge in [-0.15, -0.1) is 0 Å². The first-order valence-electron chi connectivity index (χ1n) is 7.91. The van der Waals surface area contributed by atoms with Gasteiger partial charge >= 0.3 is 0 Å². The maximum atomic E-state index is 12.1. The highest BCUT2D eigenvalue weighted by Gasteiger charge is 2.30. The van der Waals surface area contributed by atoms with E-state index >= 15 is 0 Å². The number of hydrogen-bond acceptors (Lipinski definition) is 4. The summed E-state index contributed by atoms with van der Waals surface area (Å²) in [5, 5.41) is 3.03. The molecule has 0 aromatic heterocycles. The number of carbonyl (C=O) groups is 1. The van der Waals surface area contributed by atoms with Crippen molar-refractivity contribution < 1.29 is 14.3 Å². The minimum absolute atomic E-state index is 0.0156. The molecule has 0 radical (unpaired) electrons. The Hall–Kier alpha value is -1.59. The lowest BCUT2D eigenvalue weighted by atomic mass is 10.1. The van der Waals surface area contributed by atoms with E-state index in [1.54, 1.807) is 7.11 Å². The number of carbonyl (C=O) groups excluding carboxylic acids is 1. The molecule has 5 heteroatoms. The molecular formula is C17H26N2O3. The fourth-order valence-electron chi connectivity index (χ4n) is 2.66. The minimum atomic E-state index is -0.336. The number of amides is 1. The van der Waals surface area contributed by atoms with Crippen LogP contribution in [0.2, 0.25) is 0 Å². The molecule has 1 heterocycles. The van der Waals surface area contributed by atoms with Crippen molar-refractivity contribution >= 4 is 5.91 Å². The van der Waals surface area contributed by atoms with Crippen LogP contribution in [0.5, 0.6) is 5.75 Å². The Morgan fingerprint density at radius 2 is 2.14 bits per heavy atom. The van der Waals surface area contributed by atoms with Crippen molar-refractivity contribution in [2.24, 2.45) is 5.73 Å². The molecule has 0 spiro atoms. The summed E-state index contributed by atoms with van der Waals surface area (Å²) in [5.41, 5.74) is 6.80. The van der Waals surface area contributed by atoms with Crippen molar-refractivity contribution in [1.29, 1.82) is 0 Å². The first-order chi connectivity index (χ1) is 10.6. The number of hydrogen-bond donors (Lipinski definition) is 2. The van der Waals surface area contributed by atoms with Gasteiger partial charge in [0.05, 0.1) is 13.2 Å². The lowest BCUT2D eigenvalue weighted by Gasteiger charge is -2.17. The topological polar surface area (TPSA) is 73.6 Å². The summed E-state index contributed by atoms with van der Waals surface area (Å²) in [6.07, 6.45) is 3.14. The third kappa shape index (κ3) is 4.71. The van der Waals surface area contributed by atoms with Crippen LogP contribution in [0.4, 0.5) is 0 Å². The summed E-state index contributed by atoms with van der Waals surface area (Å²) in [5.74, 6) is 0.844. The summed E-state index contributed by atoms with van der Waals surface area (Å²) >= 11 is 0. The molecule has 3 atom stereocenters. The van der Waals surface area contributed by atoms with E-state index in [1.807, 2.05) is 19.1 Å². The molecule has 0 saturated carbocycles. The molecule has 122 valence electrons. The Morgan fingerprint density at radius 1 is 1.41 bits per heavy atom. The van der Waals surface area contributed by atoms with E-state index in [2.05, 4.69) is 17.4 Å². The number of nitrogens with one attached hydrogen (secondary N) is 1. The highest BCUT2D eigenvalue weighted by atomic mass is 16.5. The zero-order valence-electron chi connectivity index (χ0n) is 13.4. The van der Waals surface area contributed by atoms with Gasteiger partial charge in [-0.25, -0.2) is 0 Å². The van der Waals surface area contributed by atoms with Crippen molar-refractivity contribution in [3.8, 4) is 5.75 Å². The van der Waals surface area contributed by atoms with E-state index in [1.165, 1.54) is 5.56 Å². The van der Waals surface area contributed by atoms with Crippen LogP contribution in [0.3, 0.4) is 0 Å². The molecule has 0 aliphatic carbocycles. The molecule has 1 unspecified atom stereocenters. The van der Waals surface area contributed by atoms with Crippen LogP contribution in [0, 0.1) is 0 Å². The molecule has 2 rings (SSSR count). The van der Waals surface area contributed by atoms with Gasteiger partial charge in [0.1, 0.15) is 11.9 Å². The number of aryl methyl sites for hydroxylation is 1. The maximum Gasteiger partial charge on any atom is 0.249 e. The molecule has 1 amide bonds. The van der Waals surface area contributed by atoms with Crippen LogP contribution < -0.4 is 15.8 Å². The molecule has 0 bridgehead atoms. The molecule has 1 fully saturated rings. The SMILES string of the molecule is COc1ccc(CCC(C)NC(=O)[C@@H]2CC[C@H](CN)O2)cc1. The second-order valence-electron chi connectivity index (χ2n) is 5.86. The monoisotopic (exact) mass is 306 g/mol. The van der Waals surface area contributed by atoms with E-state index in [0.29, 0.717) is 6.54 Å². The molecule has 1 saturated heterocycles. The quantitative estimate of drug-likeness (QED) is 0.803. The van der Waals surface area contributed by atoms with Gasteiger partial charge in [0, 0.05) is 12.6 Å². The van der Waals surface area contributed by atoms with Crippen LogP contribution in [0.15, 0.2) is 24.3 Å². The van der Waals surface area contributed by atoms with Crippen LogP contribution >= 0.6 is 0 Å². The second-order valence-corrected chi connectivity index (χ2v) is 5.86. The molecule has 3 N–H and O–H groups in total. The number of benzene rings is 1. The molecule has 1 aliphatic rings. The second kappa shape index (κ2) is 8.15. The molecule has 1 aromatic rings. The number of nitrogens with two attached hydrogens (primary N) is 1. The van der Waals surface area contributed by atoms with Crippen molar-refractivity contribution in [3.05, 3.63) is 29.8 Å². The van der Waals surface area contributed by atoms with Gasteiger partial charge in [0.25, 0.3) is 0 Å². The fourth-order valence-corrected chi connectivity index (χ4v) is 2.66. The van der Waals surface area contributed by atoms with Gasteiger partial charge in [0.2, 0.25) is 5.91 Å². The molecule has 5 nitrogen and oxygen atoms in total. The first kappa shape index (κ1) is 16.8. The maximum absolute atomic E-state index is 12.1. The Morgan fingerprint density at radius 3 is 2.73 bits per heavy atom. The van der Waals surface area contributed by atoms with E-state index in [4.69, 9.17) is 15.2 Å². The van der Waals surface area contributed by atoms with Gasteiger partial charge in [-0.3, -0.25) is 4.79 Å². The third-order valence-corrected chi connectivity index (χ3v) is 4.08. The van der Waals surface area contributed by atoms with Gasteiger partial charge in [-0.05, 0) is 50.3 Å². The Labute approximate surface area is 132 Å². The minimum Gasteiger partial charge on any atom is -0.497 e. The third-order valence-electron chi connectivity index (χ3n) is 4.08. The summed E-state index contributed by atoms with van der Waals surface area (Å²) < 4.78 is 10.8. The van der Waals surface area contributed by atoms with Crippen molar-refractivity contribution in [3.63, 3.8) is 0 Å². The Balaban J connectivity index is 1.73. The average Bonchev–Trinajstić information content (AvgIpc) is 3.02. The molecule has 1 aromatic carbocycles. The van der Waals surface area contributed by atoms with Gasteiger partial charge in [-0.1, -0.05) is 12.1 Å². The Bertz CT molecular complexity index is 475. The predicted molar refractivity (Wildman–Crippen MR) is 85.9 cm³/mol. The number of rotatable bonds is 7. The van der Waals surface area contributed by atoms with Gasteiger partial charge in [-0.2, -0.15) is 0 Å². The lowest BCUT2D eigenvalue weighted by Crippen LogP contribution is -2.40.